The Balaban J connectivity index is 1.56. The Labute approximate surface area is 164 Å². The molecule has 2 heterocycles. The number of amidine groups is 1. The second-order valence-electron chi connectivity index (χ2n) is 7.18. The number of nitrogen functional groups attached to an aromatic ring is 1. The van der Waals surface area contributed by atoms with Crippen molar-refractivity contribution in [2.24, 2.45) is 10.9 Å². The summed E-state index contributed by atoms with van der Waals surface area (Å²) in [4.78, 5) is 31.7. The average molecular weight is 386 g/mol. The van der Waals surface area contributed by atoms with Crippen molar-refractivity contribution in [3.05, 3.63) is 35.4 Å². The lowest BCUT2D eigenvalue weighted by molar-refractivity contribution is -0.145. The fraction of sp³-hybridized carbons (Fsp3) is 0.500. The van der Waals surface area contributed by atoms with Gasteiger partial charge in [-0.1, -0.05) is 29.4 Å². The molecule has 2 atom stereocenters. The number of hydrogen-bond donors (Lipinski definition) is 2. The van der Waals surface area contributed by atoms with Crippen molar-refractivity contribution in [2.45, 2.75) is 50.7 Å². The third-order valence-electron chi connectivity index (χ3n) is 5.24. The number of nitrogens with two attached hydrogens (primary N) is 1. The molecular formula is C20H26N4O4. The van der Waals surface area contributed by atoms with Gasteiger partial charge in [-0.2, -0.15) is 0 Å². The lowest BCUT2D eigenvalue weighted by Gasteiger charge is -2.35. The van der Waals surface area contributed by atoms with Gasteiger partial charge in [0.2, 0.25) is 5.91 Å². The molecule has 1 fully saturated rings. The summed E-state index contributed by atoms with van der Waals surface area (Å²) in [5.41, 5.74) is 7.79. The molecule has 8 nitrogen and oxygen atoms in total. The van der Waals surface area contributed by atoms with Crippen molar-refractivity contribution in [3.63, 3.8) is 0 Å². The number of piperidine rings is 1. The Bertz CT molecular complexity index is 775. The highest BCUT2D eigenvalue weighted by Gasteiger charge is 2.32. The molecule has 28 heavy (non-hydrogen) atoms. The third-order valence-corrected chi connectivity index (χ3v) is 5.24. The van der Waals surface area contributed by atoms with Gasteiger partial charge in [0.1, 0.15) is 11.9 Å². The van der Waals surface area contributed by atoms with E-state index in [1.165, 1.54) is 7.11 Å². The maximum Gasteiger partial charge on any atom is 0.307 e. The van der Waals surface area contributed by atoms with Crippen LogP contribution in [0.15, 0.2) is 29.4 Å². The first-order valence-corrected chi connectivity index (χ1v) is 9.51. The zero-order chi connectivity index (χ0) is 20.1. The van der Waals surface area contributed by atoms with Crippen LogP contribution in [0.5, 0.6) is 0 Å². The molecule has 2 aliphatic rings. The Hall–Kier alpha value is -2.90. The van der Waals surface area contributed by atoms with Crippen LogP contribution in [-0.4, -0.2) is 54.1 Å². The molecule has 8 heteroatoms. The summed E-state index contributed by atoms with van der Waals surface area (Å²) in [6, 6.07) is 7.13. The van der Waals surface area contributed by atoms with Crippen LogP contribution >= 0.6 is 0 Å². The molecule has 0 saturated carbocycles. The fourth-order valence-corrected chi connectivity index (χ4v) is 3.68. The lowest BCUT2D eigenvalue weighted by atomic mass is 9.97. The zero-order valence-electron chi connectivity index (χ0n) is 16.0. The first kappa shape index (κ1) is 19.9. The molecule has 0 aromatic heterocycles. The van der Waals surface area contributed by atoms with Gasteiger partial charge in [0.05, 0.1) is 25.7 Å². The molecule has 3 N–H and O–H groups in total. The van der Waals surface area contributed by atoms with Crippen LogP contribution < -0.4 is 5.73 Å². The molecule has 0 radical (unpaired) electrons. The van der Waals surface area contributed by atoms with Crippen molar-refractivity contribution in [3.8, 4) is 0 Å². The summed E-state index contributed by atoms with van der Waals surface area (Å²) in [6.45, 7) is 0.660. The van der Waals surface area contributed by atoms with Gasteiger partial charge in [-0.3, -0.25) is 15.0 Å². The second-order valence-corrected chi connectivity index (χ2v) is 7.18. The first-order valence-electron chi connectivity index (χ1n) is 9.51. The number of hydrogen-bond acceptors (Lipinski definition) is 6. The van der Waals surface area contributed by atoms with Crippen molar-refractivity contribution in [1.29, 1.82) is 5.41 Å². The number of carbonyl (C=O) groups is 2. The Morgan fingerprint density at radius 2 is 2.04 bits per heavy atom. The Morgan fingerprint density at radius 1 is 1.29 bits per heavy atom. The van der Waals surface area contributed by atoms with E-state index in [-0.39, 0.29) is 42.7 Å². The molecule has 2 aliphatic heterocycles. The number of esters is 1. The standard InChI is InChI=1S/C20H26N4O4/c1-27-19(26)10-15-4-2-3-9-24(15)18(25)12-16-11-17(23-28-16)13-5-7-14(8-6-13)20(21)22/h5-8,15-16H,2-4,9-12H2,1H3,(H3,21,22)/t15-,16+/m1/s1. The van der Waals surface area contributed by atoms with Gasteiger partial charge in [0, 0.05) is 24.6 Å². The van der Waals surface area contributed by atoms with Crippen LogP contribution in [0.2, 0.25) is 0 Å². The molecule has 0 unspecified atom stereocenters. The Kier molecular flexibility index (Phi) is 6.28. The van der Waals surface area contributed by atoms with Gasteiger partial charge < -0.3 is 20.2 Å². The number of amides is 1. The number of benzene rings is 1. The summed E-state index contributed by atoms with van der Waals surface area (Å²) in [5, 5.41) is 11.6. The maximum atomic E-state index is 12.8. The number of ether oxygens (including phenoxy) is 1. The summed E-state index contributed by atoms with van der Waals surface area (Å²) in [7, 11) is 1.37. The van der Waals surface area contributed by atoms with Gasteiger partial charge in [0.25, 0.3) is 0 Å². The highest BCUT2D eigenvalue weighted by atomic mass is 16.6. The molecule has 0 bridgehead atoms. The monoisotopic (exact) mass is 386 g/mol. The number of nitrogens with zero attached hydrogens (tertiary/aromatic N) is 2. The highest BCUT2D eigenvalue weighted by Crippen LogP contribution is 2.24. The van der Waals surface area contributed by atoms with Crippen molar-refractivity contribution in [1.82, 2.24) is 4.90 Å². The van der Waals surface area contributed by atoms with Crippen LogP contribution in [0.1, 0.15) is 49.7 Å². The van der Waals surface area contributed by atoms with Gasteiger partial charge in [-0.25, -0.2) is 0 Å². The predicted molar refractivity (Wildman–Crippen MR) is 104 cm³/mol. The summed E-state index contributed by atoms with van der Waals surface area (Å²) >= 11 is 0. The SMILES string of the molecule is COC(=O)C[C@H]1CCCCN1C(=O)C[C@@H]1CC(c2ccc(C(=N)N)cc2)=NO1. The molecule has 3 rings (SSSR count). The number of carbonyl (C=O) groups excluding carboxylic acids is 2. The smallest absolute Gasteiger partial charge is 0.307 e. The van der Waals surface area contributed by atoms with E-state index in [0.29, 0.717) is 18.5 Å². The quantitative estimate of drug-likeness (QED) is 0.439. The number of nitrogens with one attached hydrogen (secondary N) is 1. The lowest BCUT2D eigenvalue weighted by Crippen LogP contribution is -2.45. The van der Waals surface area contributed by atoms with Crippen LogP contribution in [0, 0.1) is 5.41 Å². The van der Waals surface area contributed by atoms with Crippen LogP contribution in [0.3, 0.4) is 0 Å². The topological polar surface area (TPSA) is 118 Å². The minimum Gasteiger partial charge on any atom is -0.469 e. The molecule has 1 saturated heterocycles. The average Bonchev–Trinajstić information content (AvgIpc) is 3.16. The summed E-state index contributed by atoms with van der Waals surface area (Å²) in [6.07, 6.45) is 3.47. The third kappa shape index (κ3) is 4.68. The van der Waals surface area contributed by atoms with E-state index in [4.69, 9.17) is 20.7 Å². The molecule has 1 aromatic rings. The van der Waals surface area contributed by atoms with Gasteiger partial charge in [-0.05, 0) is 24.8 Å². The van der Waals surface area contributed by atoms with Crippen molar-refractivity contribution >= 4 is 23.4 Å². The van der Waals surface area contributed by atoms with Crippen LogP contribution in [0.25, 0.3) is 0 Å². The summed E-state index contributed by atoms with van der Waals surface area (Å²) in [5.74, 6) is -0.286. The van der Waals surface area contributed by atoms with E-state index in [9.17, 15) is 9.59 Å². The molecule has 1 amide bonds. The fourth-order valence-electron chi connectivity index (χ4n) is 3.68. The largest absolute Gasteiger partial charge is 0.469 e. The molecule has 150 valence electrons. The van der Waals surface area contributed by atoms with E-state index >= 15 is 0 Å². The molecule has 0 aliphatic carbocycles. The minimum absolute atomic E-state index is 0.0121. The Morgan fingerprint density at radius 3 is 2.71 bits per heavy atom. The van der Waals surface area contributed by atoms with E-state index in [1.54, 1.807) is 17.0 Å². The number of methoxy groups -OCH3 is 1. The number of rotatable bonds is 6. The molecule has 1 aromatic carbocycles. The predicted octanol–water partition coefficient (Wildman–Crippen LogP) is 1.80. The van der Waals surface area contributed by atoms with Crippen molar-refractivity contribution in [2.75, 3.05) is 13.7 Å². The van der Waals surface area contributed by atoms with E-state index in [1.807, 2.05) is 12.1 Å². The minimum atomic E-state index is -0.310. The second kappa shape index (κ2) is 8.86. The maximum absolute atomic E-state index is 12.8. The van der Waals surface area contributed by atoms with Crippen molar-refractivity contribution < 1.29 is 19.2 Å². The first-order chi connectivity index (χ1) is 13.5. The van der Waals surface area contributed by atoms with Gasteiger partial charge >= 0.3 is 5.97 Å². The van der Waals surface area contributed by atoms with Gasteiger partial charge in [-0.15, -0.1) is 0 Å². The van der Waals surface area contributed by atoms with E-state index in [0.717, 1.165) is 30.5 Å². The zero-order valence-corrected chi connectivity index (χ0v) is 16.0. The molecular weight excluding hydrogens is 360 g/mol. The normalized spacial score (nSPS) is 21.6. The van der Waals surface area contributed by atoms with E-state index in [2.05, 4.69) is 5.16 Å². The number of oxime groups is 1. The van der Waals surface area contributed by atoms with Gasteiger partial charge in [0.15, 0.2) is 0 Å². The number of likely N-dealkylation sites (tertiary alicyclic amines) is 1. The van der Waals surface area contributed by atoms with E-state index < -0.39 is 0 Å². The van der Waals surface area contributed by atoms with Crippen LogP contribution in [0.4, 0.5) is 0 Å². The molecule has 0 spiro atoms. The van der Waals surface area contributed by atoms with Crippen LogP contribution in [-0.2, 0) is 19.2 Å². The highest BCUT2D eigenvalue weighted by molar-refractivity contribution is 6.02. The summed E-state index contributed by atoms with van der Waals surface area (Å²) < 4.78 is 4.76.